The number of rotatable bonds is 7. The van der Waals surface area contributed by atoms with Gasteiger partial charge in [-0.3, -0.25) is 4.79 Å². The minimum absolute atomic E-state index is 0.0512. The fourth-order valence-electron chi connectivity index (χ4n) is 1.83. The van der Waals surface area contributed by atoms with Crippen molar-refractivity contribution in [1.29, 1.82) is 0 Å². The average molecular weight is 314 g/mol. The van der Waals surface area contributed by atoms with Gasteiger partial charge in [0.15, 0.2) is 9.84 Å². The molecule has 1 amide bonds. The Bertz CT molecular complexity index is 597. The van der Waals surface area contributed by atoms with Crippen molar-refractivity contribution in [3.63, 3.8) is 0 Å². The van der Waals surface area contributed by atoms with Crippen LogP contribution in [0.3, 0.4) is 0 Å². The number of hydrogen-bond donors (Lipinski definition) is 2. The third-order valence-electron chi connectivity index (χ3n) is 2.76. The minimum Gasteiger partial charge on any atom is -0.497 e. The highest BCUT2D eigenvalue weighted by atomic mass is 32.2. The van der Waals surface area contributed by atoms with E-state index in [2.05, 4.69) is 5.32 Å². The van der Waals surface area contributed by atoms with Gasteiger partial charge < -0.3 is 15.8 Å². The van der Waals surface area contributed by atoms with Gasteiger partial charge in [0.1, 0.15) is 5.75 Å². The molecule has 3 N–H and O–H groups in total. The minimum atomic E-state index is -3.20. The Hall–Kier alpha value is -1.76. The van der Waals surface area contributed by atoms with E-state index < -0.39 is 9.84 Å². The number of carbonyl (C=O) groups excluding carboxylic acids is 1. The summed E-state index contributed by atoms with van der Waals surface area (Å²) in [5, 5.41) is 2.60. The lowest BCUT2D eigenvalue weighted by Crippen LogP contribution is -2.21. The number of methoxy groups -OCH3 is 1. The number of nitrogen functional groups attached to an aromatic ring is 1. The van der Waals surface area contributed by atoms with Crippen molar-refractivity contribution in [3.05, 3.63) is 18.2 Å². The molecule has 1 rings (SSSR count). The van der Waals surface area contributed by atoms with Gasteiger partial charge in [-0.25, -0.2) is 8.42 Å². The number of sulfone groups is 1. The van der Waals surface area contributed by atoms with Gasteiger partial charge in [-0.15, -0.1) is 0 Å². The number of nitrogens with one attached hydrogen (secondary N) is 1. The highest BCUT2D eigenvalue weighted by Gasteiger charge is 2.16. The Kier molecular flexibility index (Phi) is 6.02. The Balaban J connectivity index is 2.58. The molecular weight excluding hydrogens is 292 g/mol. The summed E-state index contributed by atoms with van der Waals surface area (Å²) >= 11 is 0. The van der Waals surface area contributed by atoms with E-state index in [9.17, 15) is 13.2 Å². The van der Waals surface area contributed by atoms with E-state index in [0.29, 0.717) is 17.1 Å². The van der Waals surface area contributed by atoms with Gasteiger partial charge in [0.05, 0.1) is 30.0 Å². The van der Waals surface area contributed by atoms with Crippen LogP contribution in [0.15, 0.2) is 18.2 Å². The molecule has 0 fully saturated rings. The van der Waals surface area contributed by atoms with Crippen molar-refractivity contribution >= 4 is 27.1 Å². The third kappa shape index (κ3) is 6.03. The Labute approximate surface area is 125 Å². The standard InChI is InChI=1S/C14H22N2O4S/c1-10(2)9-21(18,19)7-6-14(17)16-13-5-4-11(20-3)8-12(13)15/h4-5,8,10H,6-7,9,15H2,1-3H3,(H,16,17). The van der Waals surface area contributed by atoms with Gasteiger partial charge in [0.2, 0.25) is 5.91 Å². The smallest absolute Gasteiger partial charge is 0.225 e. The van der Waals surface area contributed by atoms with Crippen LogP contribution in [0.1, 0.15) is 20.3 Å². The van der Waals surface area contributed by atoms with Crippen molar-refractivity contribution in [2.45, 2.75) is 20.3 Å². The van der Waals surface area contributed by atoms with E-state index in [4.69, 9.17) is 10.5 Å². The summed E-state index contributed by atoms with van der Waals surface area (Å²) in [6.45, 7) is 3.66. The molecule has 0 unspecified atom stereocenters. The predicted octanol–water partition coefficient (Wildman–Crippen LogP) is 1.68. The van der Waals surface area contributed by atoms with Crippen LogP contribution in [0.25, 0.3) is 0 Å². The molecule has 0 saturated heterocycles. The zero-order valence-corrected chi connectivity index (χ0v) is 13.4. The molecule has 1 aromatic rings. The summed E-state index contributed by atoms with van der Waals surface area (Å²) in [6, 6.07) is 4.88. The quantitative estimate of drug-likeness (QED) is 0.746. The molecule has 0 bridgehead atoms. The zero-order chi connectivity index (χ0) is 16.0. The summed E-state index contributed by atoms with van der Waals surface area (Å²) in [4.78, 5) is 11.8. The van der Waals surface area contributed by atoms with Crippen LogP contribution < -0.4 is 15.8 Å². The van der Waals surface area contributed by atoms with Gasteiger partial charge in [0, 0.05) is 12.5 Å². The number of nitrogens with two attached hydrogens (primary N) is 1. The van der Waals surface area contributed by atoms with Gasteiger partial charge in [-0.1, -0.05) is 13.8 Å². The highest BCUT2D eigenvalue weighted by molar-refractivity contribution is 7.91. The molecule has 0 radical (unpaired) electrons. The van der Waals surface area contributed by atoms with E-state index in [0.717, 1.165) is 0 Å². The van der Waals surface area contributed by atoms with Crippen LogP contribution in [0, 0.1) is 5.92 Å². The van der Waals surface area contributed by atoms with Gasteiger partial charge in [0.25, 0.3) is 0 Å². The summed E-state index contributed by atoms with van der Waals surface area (Å²) in [7, 11) is -1.68. The molecule has 0 saturated carbocycles. The first-order valence-electron chi connectivity index (χ1n) is 6.67. The van der Waals surface area contributed by atoms with Crippen LogP contribution in [0.4, 0.5) is 11.4 Å². The third-order valence-corrected chi connectivity index (χ3v) is 4.76. The summed E-state index contributed by atoms with van der Waals surface area (Å²) in [5.41, 5.74) is 6.59. The topological polar surface area (TPSA) is 98.5 Å². The molecule has 0 heterocycles. The molecule has 7 heteroatoms. The number of anilines is 2. The molecule has 0 spiro atoms. The van der Waals surface area contributed by atoms with Gasteiger partial charge >= 0.3 is 0 Å². The second-order valence-corrected chi connectivity index (χ2v) is 7.49. The van der Waals surface area contributed by atoms with Gasteiger partial charge in [-0.05, 0) is 18.1 Å². The highest BCUT2D eigenvalue weighted by Crippen LogP contribution is 2.24. The first-order chi connectivity index (χ1) is 9.73. The van der Waals surface area contributed by atoms with E-state index in [1.54, 1.807) is 18.2 Å². The maximum absolute atomic E-state index is 11.8. The van der Waals surface area contributed by atoms with Crippen molar-refractivity contribution in [2.24, 2.45) is 5.92 Å². The normalized spacial score (nSPS) is 11.4. The molecule has 1 aromatic carbocycles. The van der Waals surface area contributed by atoms with Crippen molar-refractivity contribution in [3.8, 4) is 5.75 Å². The monoisotopic (exact) mass is 314 g/mol. The molecule has 0 aromatic heterocycles. The fraction of sp³-hybridized carbons (Fsp3) is 0.500. The van der Waals surface area contributed by atoms with Crippen LogP contribution in [-0.2, 0) is 14.6 Å². The van der Waals surface area contributed by atoms with E-state index in [1.807, 2.05) is 13.8 Å². The maximum atomic E-state index is 11.8. The lowest BCUT2D eigenvalue weighted by atomic mass is 10.2. The lowest BCUT2D eigenvalue weighted by molar-refractivity contribution is -0.115. The maximum Gasteiger partial charge on any atom is 0.225 e. The van der Waals surface area contributed by atoms with Crippen LogP contribution >= 0.6 is 0 Å². The first-order valence-corrected chi connectivity index (χ1v) is 8.49. The molecule has 0 atom stereocenters. The molecular formula is C14H22N2O4S. The molecule has 0 aliphatic carbocycles. The summed E-state index contributed by atoms with van der Waals surface area (Å²) in [6.07, 6.45) is -0.0828. The summed E-state index contributed by atoms with van der Waals surface area (Å²) < 4.78 is 28.5. The number of hydrogen-bond acceptors (Lipinski definition) is 5. The van der Waals surface area contributed by atoms with Crippen LogP contribution in [-0.4, -0.2) is 32.9 Å². The van der Waals surface area contributed by atoms with E-state index in [1.165, 1.54) is 7.11 Å². The predicted molar refractivity (Wildman–Crippen MR) is 84.1 cm³/mol. The Morgan fingerprint density at radius 1 is 1.38 bits per heavy atom. The molecule has 21 heavy (non-hydrogen) atoms. The van der Waals surface area contributed by atoms with Crippen LogP contribution in [0.2, 0.25) is 0 Å². The SMILES string of the molecule is COc1ccc(NC(=O)CCS(=O)(=O)CC(C)C)c(N)c1. The molecule has 6 nitrogen and oxygen atoms in total. The Morgan fingerprint density at radius 2 is 2.05 bits per heavy atom. The zero-order valence-electron chi connectivity index (χ0n) is 12.5. The van der Waals surface area contributed by atoms with Crippen molar-refractivity contribution in [1.82, 2.24) is 0 Å². The second kappa shape index (κ2) is 7.31. The largest absolute Gasteiger partial charge is 0.497 e. The van der Waals surface area contributed by atoms with Crippen molar-refractivity contribution < 1.29 is 17.9 Å². The molecule has 118 valence electrons. The Morgan fingerprint density at radius 3 is 2.57 bits per heavy atom. The average Bonchev–Trinajstić information content (AvgIpc) is 2.37. The van der Waals surface area contributed by atoms with Crippen LogP contribution in [0.5, 0.6) is 5.75 Å². The number of benzene rings is 1. The fourth-order valence-corrected chi connectivity index (χ4v) is 3.51. The lowest BCUT2D eigenvalue weighted by Gasteiger charge is -2.10. The number of ether oxygens (including phenoxy) is 1. The molecule has 0 aliphatic rings. The number of amides is 1. The first kappa shape index (κ1) is 17.3. The van der Waals surface area contributed by atoms with E-state index in [-0.39, 0.29) is 29.8 Å². The van der Waals surface area contributed by atoms with E-state index >= 15 is 0 Å². The second-order valence-electron chi connectivity index (χ2n) is 5.26. The van der Waals surface area contributed by atoms with Gasteiger partial charge in [-0.2, -0.15) is 0 Å². The summed E-state index contributed by atoms with van der Waals surface area (Å²) in [5.74, 6) is 0.192. The molecule has 0 aliphatic heterocycles. The van der Waals surface area contributed by atoms with Crippen molar-refractivity contribution in [2.75, 3.05) is 29.7 Å². The number of carbonyl (C=O) groups is 1.